The summed E-state index contributed by atoms with van der Waals surface area (Å²) < 4.78 is 5.36. The molecule has 0 atom stereocenters. The van der Waals surface area contributed by atoms with Gasteiger partial charge in [0.2, 0.25) is 0 Å². The smallest absolute Gasteiger partial charge is 0.147 e. The van der Waals surface area contributed by atoms with Crippen LogP contribution in [0.15, 0.2) is 12.1 Å². The SMILES string of the molecule is COc1c(Cl)cc(Cl)cc1C(=S)N1CCC(C)CC1. The molecule has 0 amide bonds. The molecule has 1 aromatic carbocycles. The number of hydrogen-bond acceptors (Lipinski definition) is 2. The van der Waals surface area contributed by atoms with E-state index in [4.69, 9.17) is 40.2 Å². The van der Waals surface area contributed by atoms with Gasteiger partial charge in [-0.1, -0.05) is 42.3 Å². The number of ether oxygens (including phenoxy) is 1. The van der Waals surface area contributed by atoms with E-state index in [1.165, 1.54) is 0 Å². The van der Waals surface area contributed by atoms with Gasteiger partial charge in [0.15, 0.2) is 0 Å². The average Bonchev–Trinajstić information content (AvgIpc) is 2.38. The lowest BCUT2D eigenvalue weighted by Crippen LogP contribution is -2.37. The van der Waals surface area contributed by atoms with Crippen molar-refractivity contribution in [2.75, 3.05) is 20.2 Å². The summed E-state index contributed by atoms with van der Waals surface area (Å²) in [6.45, 7) is 4.23. The van der Waals surface area contributed by atoms with Crippen LogP contribution in [0.2, 0.25) is 10.0 Å². The minimum atomic E-state index is 0.498. The quantitative estimate of drug-likeness (QED) is 0.750. The minimum absolute atomic E-state index is 0.498. The molecule has 1 aromatic rings. The van der Waals surface area contributed by atoms with Gasteiger partial charge in [0.25, 0.3) is 0 Å². The van der Waals surface area contributed by atoms with Gasteiger partial charge in [0.05, 0.1) is 17.7 Å². The second kappa shape index (κ2) is 6.29. The normalized spacial score (nSPS) is 16.5. The average molecular weight is 318 g/mol. The Kier molecular flexibility index (Phi) is 4.93. The number of thiocarbonyl (C=S) groups is 1. The van der Waals surface area contributed by atoms with Crippen molar-refractivity contribution >= 4 is 40.4 Å². The van der Waals surface area contributed by atoms with E-state index < -0.39 is 0 Å². The Balaban J connectivity index is 2.28. The van der Waals surface area contributed by atoms with Crippen molar-refractivity contribution in [1.29, 1.82) is 0 Å². The monoisotopic (exact) mass is 317 g/mol. The maximum absolute atomic E-state index is 6.15. The lowest BCUT2D eigenvalue weighted by molar-refractivity contribution is 0.283. The zero-order valence-electron chi connectivity index (χ0n) is 11.1. The molecule has 0 saturated carbocycles. The molecule has 1 fully saturated rings. The lowest BCUT2D eigenvalue weighted by Gasteiger charge is -2.32. The number of likely N-dealkylation sites (tertiary alicyclic amines) is 1. The molecule has 0 aromatic heterocycles. The summed E-state index contributed by atoms with van der Waals surface area (Å²) in [5.41, 5.74) is 0.810. The zero-order valence-corrected chi connectivity index (χ0v) is 13.4. The third-order valence-corrected chi connectivity index (χ3v) is 4.49. The molecule has 19 heavy (non-hydrogen) atoms. The summed E-state index contributed by atoms with van der Waals surface area (Å²) in [5, 5.41) is 1.08. The van der Waals surface area contributed by atoms with Gasteiger partial charge >= 0.3 is 0 Å². The Morgan fingerprint density at radius 1 is 1.32 bits per heavy atom. The summed E-state index contributed by atoms with van der Waals surface area (Å²) in [6, 6.07) is 3.50. The maximum Gasteiger partial charge on any atom is 0.147 e. The van der Waals surface area contributed by atoms with E-state index in [9.17, 15) is 0 Å². The summed E-state index contributed by atoms with van der Waals surface area (Å²) >= 11 is 17.8. The highest BCUT2D eigenvalue weighted by atomic mass is 35.5. The van der Waals surface area contributed by atoms with Gasteiger partial charge in [-0.25, -0.2) is 0 Å². The van der Waals surface area contributed by atoms with E-state index in [1.54, 1.807) is 13.2 Å². The van der Waals surface area contributed by atoms with Crippen molar-refractivity contribution < 1.29 is 4.74 Å². The van der Waals surface area contributed by atoms with Crippen LogP contribution in [0, 0.1) is 5.92 Å². The molecule has 0 N–H and O–H groups in total. The Morgan fingerprint density at radius 3 is 2.53 bits per heavy atom. The van der Waals surface area contributed by atoms with Crippen molar-refractivity contribution in [3.63, 3.8) is 0 Å². The molecule has 1 aliphatic heterocycles. The number of rotatable bonds is 2. The molecule has 0 bridgehead atoms. The Bertz CT molecular complexity index is 485. The number of benzene rings is 1. The van der Waals surface area contributed by atoms with E-state index in [0.717, 1.165) is 42.4 Å². The highest BCUT2D eigenvalue weighted by Crippen LogP contribution is 2.34. The molecule has 0 spiro atoms. The number of hydrogen-bond donors (Lipinski definition) is 0. The molecule has 5 heteroatoms. The van der Waals surface area contributed by atoms with Gasteiger partial charge in [-0.2, -0.15) is 0 Å². The van der Waals surface area contributed by atoms with Gasteiger partial charge in [-0.15, -0.1) is 0 Å². The first-order valence-corrected chi connectivity index (χ1v) is 7.51. The second-order valence-electron chi connectivity index (χ2n) is 4.94. The van der Waals surface area contributed by atoms with Crippen molar-refractivity contribution in [2.24, 2.45) is 5.92 Å². The number of piperidine rings is 1. The fourth-order valence-electron chi connectivity index (χ4n) is 2.31. The molecule has 0 unspecified atom stereocenters. The first kappa shape index (κ1) is 14.9. The van der Waals surface area contributed by atoms with Gasteiger partial charge in [-0.05, 0) is 30.9 Å². The van der Waals surface area contributed by atoms with E-state index in [0.29, 0.717) is 15.8 Å². The summed E-state index contributed by atoms with van der Waals surface area (Å²) in [7, 11) is 1.60. The van der Waals surface area contributed by atoms with Crippen LogP contribution in [0.4, 0.5) is 0 Å². The molecular weight excluding hydrogens is 301 g/mol. The fraction of sp³-hybridized carbons (Fsp3) is 0.500. The number of nitrogens with zero attached hydrogens (tertiary/aromatic N) is 1. The molecule has 1 saturated heterocycles. The number of methoxy groups -OCH3 is 1. The fourth-order valence-corrected chi connectivity index (χ4v) is 3.21. The predicted octanol–water partition coefficient (Wildman–Crippen LogP) is 4.41. The first-order valence-electron chi connectivity index (χ1n) is 6.35. The van der Waals surface area contributed by atoms with Crippen LogP contribution in [0.1, 0.15) is 25.3 Å². The molecule has 1 heterocycles. The van der Waals surface area contributed by atoms with E-state index in [1.807, 2.05) is 6.07 Å². The van der Waals surface area contributed by atoms with E-state index >= 15 is 0 Å². The Hall–Kier alpha value is -0.510. The Labute approximate surface area is 129 Å². The van der Waals surface area contributed by atoms with Crippen molar-refractivity contribution in [2.45, 2.75) is 19.8 Å². The topological polar surface area (TPSA) is 12.5 Å². The first-order chi connectivity index (χ1) is 9.02. The molecule has 104 valence electrons. The molecule has 0 aliphatic carbocycles. The van der Waals surface area contributed by atoms with E-state index in [-0.39, 0.29) is 0 Å². The minimum Gasteiger partial charge on any atom is -0.494 e. The van der Waals surface area contributed by atoms with Crippen LogP contribution in [-0.2, 0) is 0 Å². The van der Waals surface area contributed by atoms with Crippen LogP contribution in [0.3, 0.4) is 0 Å². The molecule has 1 aliphatic rings. The lowest BCUT2D eigenvalue weighted by atomic mass is 9.99. The van der Waals surface area contributed by atoms with Crippen LogP contribution >= 0.6 is 35.4 Å². The summed E-state index contributed by atoms with van der Waals surface area (Å²) in [4.78, 5) is 2.98. The van der Waals surface area contributed by atoms with Crippen molar-refractivity contribution in [1.82, 2.24) is 4.90 Å². The largest absolute Gasteiger partial charge is 0.494 e. The number of halogens is 2. The van der Waals surface area contributed by atoms with Gasteiger partial charge < -0.3 is 9.64 Å². The second-order valence-corrected chi connectivity index (χ2v) is 6.17. The third-order valence-electron chi connectivity index (χ3n) is 3.51. The van der Waals surface area contributed by atoms with Crippen molar-refractivity contribution in [3.05, 3.63) is 27.7 Å². The molecule has 2 rings (SSSR count). The van der Waals surface area contributed by atoms with Gasteiger partial charge in [-0.3, -0.25) is 0 Å². The predicted molar refractivity (Wildman–Crippen MR) is 84.7 cm³/mol. The van der Waals surface area contributed by atoms with E-state index in [2.05, 4.69) is 11.8 Å². The van der Waals surface area contributed by atoms with Crippen LogP contribution < -0.4 is 4.74 Å². The van der Waals surface area contributed by atoms with Crippen molar-refractivity contribution in [3.8, 4) is 5.75 Å². The highest BCUT2D eigenvalue weighted by Gasteiger charge is 2.22. The summed E-state index contributed by atoms with van der Waals surface area (Å²) in [6.07, 6.45) is 2.33. The Morgan fingerprint density at radius 2 is 1.95 bits per heavy atom. The van der Waals surface area contributed by atoms with Crippen LogP contribution in [-0.4, -0.2) is 30.1 Å². The maximum atomic E-state index is 6.15. The highest BCUT2D eigenvalue weighted by molar-refractivity contribution is 7.80. The van der Waals surface area contributed by atoms with Crippen LogP contribution in [0.25, 0.3) is 0 Å². The van der Waals surface area contributed by atoms with Gasteiger partial charge in [0, 0.05) is 18.1 Å². The molecular formula is C14H17Cl2NOS. The standard InChI is InChI=1S/C14H17Cl2NOS/c1-9-3-5-17(6-4-9)14(19)11-7-10(15)8-12(16)13(11)18-2/h7-9H,3-6H2,1-2H3. The van der Waals surface area contributed by atoms with Gasteiger partial charge in [0.1, 0.15) is 10.7 Å². The molecule has 2 nitrogen and oxygen atoms in total. The zero-order chi connectivity index (χ0) is 14.0. The third kappa shape index (κ3) is 3.33. The molecule has 0 radical (unpaired) electrons. The summed E-state index contributed by atoms with van der Waals surface area (Å²) in [5.74, 6) is 1.37. The van der Waals surface area contributed by atoms with Crippen LogP contribution in [0.5, 0.6) is 5.75 Å².